The molecule has 4 nitrogen and oxygen atoms in total. The lowest BCUT2D eigenvalue weighted by Gasteiger charge is -2.16. The molecule has 0 aromatic rings. The molecule has 0 aromatic carbocycles. The molecule has 1 aliphatic carbocycles. The van der Waals surface area contributed by atoms with E-state index in [1.165, 1.54) is 0 Å². The van der Waals surface area contributed by atoms with Gasteiger partial charge in [-0.05, 0) is 26.7 Å². The van der Waals surface area contributed by atoms with Crippen molar-refractivity contribution in [2.45, 2.75) is 43.1 Å². The average Bonchev–Trinajstić information content (AvgIpc) is 2.67. The molecule has 0 spiro atoms. The molecule has 5 heteroatoms. The minimum Gasteiger partial charge on any atom is -0.481 e. The fourth-order valence-corrected chi connectivity index (χ4v) is 3.47. The van der Waals surface area contributed by atoms with Crippen molar-refractivity contribution in [3.63, 3.8) is 0 Å². The Morgan fingerprint density at radius 3 is 2.15 bits per heavy atom. The Kier molecular flexibility index (Phi) is 2.40. The van der Waals surface area contributed by atoms with Gasteiger partial charge in [0.1, 0.15) is 0 Å². The first-order chi connectivity index (χ1) is 5.82. The molecule has 0 atom stereocenters. The highest BCUT2D eigenvalue weighted by molar-refractivity contribution is 7.93. The van der Waals surface area contributed by atoms with E-state index >= 15 is 0 Å². The smallest absolute Gasteiger partial charge is 0.304 e. The third kappa shape index (κ3) is 1.70. The van der Waals surface area contributed by atoms with Crippen LogP contribution in [0.15, 0.2) is 0 Å². The van der Waals surface area contributed by atoms with Gasteiger partial charge in [-0.3, -0.25) is 4.79 Å². The minimum atomic E-state index is -3.24. The summed E-state index contributed by atoms with van der Waals surface area (Å²) in [6, 6.07) is 0. The Balaban J connectivity index is 2.88. The second-order valence-corrected chi connectivity index (χ2v) is 6.75. The molecule has 0 aromatic heterocycles. The number of rotatable bonds is 4. The first-order valence-corrected chi connectivity index (χ1v) is 5.82. The normalized spacial score (nSPS) is 20.2. The van der Waals surface area contributed by atoms with E-state index in [0.717, 1.165) is 0 Å². The molecule has 1 saturated carbocycles. The summed E-state index contributed by atoms with van der Waals surface area (Å²) in [5.41, 5.74) is 0. The molecule has 0 saturated heterocycles. The maximum atomic E-state index is 11.7. The lowest BCUT2D eigenvalue weighted by atomic mass is 10.3. The van der Waals surface area contributed by atoms with Crippen molar-refractivity contribution in [3.8, 4) is 0 Å². The van der Waals surface area contributed by atoms with Gasteiger partial charge in [0, 0.05) is 0 Å². The van der Waals surface area contributed by atoms with E-state index in [0.29, 0.717) is 12.8 Å². The first kappa shape index (κ1) is 10.5. The fourth-order valence-electron chi connectivity index (χ4n) is 1.48. The van der Waals surface area contributed by atoms with E-state index in [4.69, 9.17) is 5.11 Å². The molecule has 1 rings (SSSR count). The van der Waals surface area contributed by atoms with Gasteiger partial charge in [-0.1, -0.05) is 0 Å². The van der Waals surface area contributed by atoms with Gasteiger partial charge in [-0.25, -0.2) is 8.42 Å². The molecule has 1 fully saturated rings. The van der Waals surface area contributed by atoms with Gasteiger partial charge in [0.25, 0.3) is 0 Å². The van der Waals surface area contributed by atoms with Gasteiger partial charge in [0.2, 0.25) is 0 Å². The zero-order valence-corrected chi connectivity index (χ0v) is 8.60. The summed E-state index contributed by atoms with van der Waals surface area (Å²) in [7, 11) is -3.24. The molecule has 0 unspecified atom stereocenters. The van der Waals surface area contributed by atoms with Crippen LogP contribution in [0.4, 0.5) is 0 Å². The zero-order valence-electron chi connectivity index (χ0n) is 7.78. The number of carboxylic acid groups (broad SMARTS) is 1. The number of hydrogen-bond acceptors (Lipinski definition) is 3. The monoisotopic (exact) mass is 206 g/mol. The summed E-state index contributed by atoms with van der Waals surface area (Å²) in [4.78, 5) is 10.5. The van der Waals surface area contributed by atoms with E-state index in [1.807, 2.05) is 0 Å². The third-order valence-corrected chi connectivity index (χ3v) is 5.51. The van der Waals surface area contributed by atoms with Crippen LogP contribution in [0.3, 0.4) is 0 Å². The van der Waals surface area contributed by atoms with Crippen LogP contribution in [-0.4, -0.2) is 29.5 Å². The van der Waals surface area contributed by atoms with Gasteiger partial charge in [0.05, 0.1) is 16.4 Å². The second kappa shape index (κ2) is 2.97. The predicted molar refractivity (Wildman–Crippen MR) is 48.3 cm³/mol. The molecule has 0 amide bonds. The molecular formula is C8H14O4S. The minimum absolute atomic E-state index is 0.243. The van der Waals surface area contributed by atoms with Crippen LogP contribution in [0.5, 0.6) is 0 Å². The Labute approximate surface area is 77.9 Å². The standard InChI is InChI=1S/C8H14O4S/c1-6(2)13(11,12)8(3-4-8)5-7(9)10/h6H,3-5H2,1-2H3,(H,9,10). The SMILES string of the molecule is CC(C)S(=O)(=O)C1(CC(=O)O)CC1. The summed E-state index contributed by atoms with van der Waals surface area (Å²) in [6.45, 7) is 3.19. The van der Waals surface area contributed by atoms with Crippen molar-refractivity contribution in [2.75, 3.05) is 0 Å². The van der Waals surface area contributed by atoms with E-state index in [9.17, 15) is 13.2 Å². The largest absolute Gasteiger partial charge is 0.481 e. The Morgan fingerprint density at radius 1 is 1.46 bits per heavy atom. The van der Waals surface area contributed by atoms with Gasteiger partial charge < -0.3 is 5.11 Å². The van der Waals surface area contributed by atoms with Gasteiger partial charge in [0.15, 0.2) is 9.84 Å². The average molecular weight is 206 g/mol. The summed E-state index contributed by atoms with van der Waals surface area (Å²) in [5.74, 6) is -1.03. The van der Waals surface area contributed by atoms with Crippen LogP contribution in [0, 0.1) is 0 Å². The van der Waals surface area contributed by atoms with Crippen molar-refractivity contribution in [3.05, 3.63) is 0 Å². The van der Waals surface area contributed by atoms with E-state index in [-0.39, 0.29) is 6.42 Å². The topological polar surface area (TPSA) is 71.4 Å². The Bertz CT molecular complexity index is 311. The van der Waals surface area contributed by atoms with E-state index in [1.54, 1.807) is 13.8 Å². The first-order valence-electron chi connectivity index (χ1n) is 4.27. The van der Waals surface area contributed by atoms with Crippen LogP contribution in [-0.2, 0) is 14.6 Å². The quantitative estimate of drug-likeness (QED) is 0.739. The van der Waals surface area contributed by atoms with E-state index in [2.05, 4.69) is 0 Å². The number of carboxylic acids is 1. The highest BCUT2D eigenvalue weighted by Crippen LogP contribution is 2.48. The Hall–Kier alpha value is -0.580. The molecule has 0 bridgehead atoms. The van der Waals surface area contributed by atoms with Crippen LogP contribution < -0.4 is 0 Å². The highest BCUT2D eigenvalue weighted by Gasteiger charge is 2.56. The molecule has 1 aliphatic rings. The van der Waals surface area contributed by atoms with Crippen LogP contribution in [0.1, 0.15) is 33.1 Å². The summed E-state index contributed by atoms with van der Waals surface area (Å²) in [6.07, 6.45) is 0.757. The fraction of sp³-hybridized carbons (Fsp3) is 0.875. The van der Waals surface area contributed by atoms with Gasteiger partial charge >= 0.3 is 5.97 Å². The zero-order chi connectivity index (χ0) is 10.3. The maximum Gasteiger partial charge on any atom is 0.304 e. The highest BCUT2D eigenvalue weighted by atomic mass is 32.2. The molecule has 0 aliphatic heterocycles. The second-order valence-electron chi connectivity index (χ2n) is 3.85. The molecule has 1 N–H and O–H groups in total. The lowest BCUT2D eigenvalue weighted by molar-refractivity contribution is -0.137. The number of sulfone groups is 1. The van der Waals surface area contributed by atoms with E-state index < -0.39 is 25.8 Å². The van der Waals surface area contributed by atoms with Crippen LogP contribution >= 0.6 is 0 Å². The lowest BCUT2D eigenvalue weighted by Crippen LogP contribution is -2.32. The molecular weight excluding hydrogens is 192 g/mol. The summed E-state index contributed by atoms with van der Waals surface area (Å²) >= 11 is 0. The Morgan fingerprint density at radius 2 is 1.92 bits per heavy atom. The maximum absolute atomic E-state index is 11.7. The number of aliphatic carboxylic acids is 1. The van der Waals surface area contributed by atoms with Gasteiger partial charge in [-0.15, -0.1) is 0 Å². The van der Waals surface area contributed by atoms with Crippen LogP contribution in [0.25, 0.3) is 0 Å². The third-order valence-electron chi connectivity index (χ3n) is 2.51. The van der Waals surface area contributed by atoms with Gasteiger partial charge in [-0.2, -0.15) is 0 Å². The van der Waals surface area contributed by atoms with Crippen molar-refractivity contribution in [1.82, 2.24) is 0 Å². The van der Waals surface area contributed by atoms with Crippen molar-refractivity contribution in [1.29, 1.82) is 0 Å². The van der Waals surface area contributed by atoms with Crippen molar-refractivity contribution >= 4 is 15.8 Å². The number of hydrogen-bond donors (Lipinski definition) is 1. The number of carbonyl (C=O) groups is 1. The summed E-state index contributed by atoms with van der Waals surface area (Å²) < 4.78 is 22.4. The summed E-state index contributed by atoms with van der Waals surface area (Å²) in [5, 5.41) is 8.09. The van der Waals surface area contributed by atoms with Crippen molar-refractivity contribution in [2.24, 2.45) is 0 Å². The molecule has 0 heterocycles. The van der Waals surface area contributed by atoms with Crippen molar-refractivity contribution < 1.29 is 18.3 Å². The predicted octanol–water partition coefficient (Wildman–Crippen LogP) is 0.817. The molecule has 13 heavy (non-hydrogen) atoms. The molecule has 76 valence electrons. The molecule has 0 radical (unpaired) electrons. The van der Waals surface area contributed by atoms with Crippen LogP contribution in [0.2, 0.25) is 0 Å².